The van der Waals surface area contributed by atoms with Crippen LogP contribution in [-0.2, 0) is 4.79 Å². The molecular weight excluding hydrogens is 288 g/mol. The molecular formula is C15H22N2O3S. The summed E-state index contributed by atoms with van der Waals surface area (Å²) in [5.74, 6) is 0.420. The molecule has 21 heavy (non-hydrogen) atoms. The first-order chi connectivity index (χ1) is 10.1. The zero-order valence-corrected chi connectivity index (χ0v) is 13.1. The molecule has 1 aromatic carbocycles. The van der Waals surface area contributed by atoms with Crippen molar-refractivity contribution in [3.63, 3.8) is 0 Å². The number of hydrogen-bond donors (Lipinski definition) is 2. The van der Waals surface area contributed by atoms with Gasteiger partial charge in [-0.25, -0.2) is 0 Å². The number of likely N-dealkylation sites (N-methyl/N-ethyl adjacent to an activating group) is 1. The lowest BCUT2D eigenvalue weighted by Gasteiger charge is -2.18. The maximum Gasteiger partial charge on any atom is 0.260 e. The van der Waals surface area contributed by atoms with Gasteiger partial charge < -0.3 is 20.5 Å². The lowest BCUT2D eigenvalue weighted by Crippen LogP contribution is -2.32. The van der Waals surface area contributed by atoms with Gasteiger partial charge in [0.15, 0.2) is 6.61 Å². The zero-order chi connectivity index (χ0) is 15.7. The van der Waals surface area contributed by atoms with Crippen LogP contribution in [0.3, 0.4) is 0 Å². The molecule has 0 aliphatic rings. The Balaban J connectivity index is 2.44. The van der Waals surface area contributed by atoms with Gasteiger partial charge in [0.25, 0.3) is 5.91 Å². The van der Waals surface area contributed by atoms with E-state index in [1.807, 2.05) is 6.07 Å². The number of amides is 1. The topological polar surface area (TPSA) is 75.8 Å². The summed E-state index contributed by atoms with van der Waals surface area (Å²) in [6, 6.07) is 7.13. The van der Waals surface area contributed by atoms with Gasteiger partial charge in [0.1, 0.15) is 10.7 Å². The minimum absolute atomic E-state index is 0.0455. The quantitative estimate of drug-likeness (QED) is 0.531. The Hall–Kier alpha value is -1.66. The van der Waals surface area contributed by atoms with Gasteiger partial charge in [0.2, 0.25) is 0 Å². The smallest absolute Gasteiger partial charge is 0.260 e. The van der Waals surface area contributed by atoms with E-state index in [1.165, 1.54) is 0 Å². The van der Waals surface area contributed by atoms with Crippen molar-refractivity contribution in [1.29, 1.82) is 0 Å². The molecule has 0 fully saturated rings. The van der Waals surface area contributed by atoms with Crippen LogP contribution in [0.4, 0.5) is 0 Å². The molecule has 3 N–H and O–H groups in total. The van der Waals surface area contributed by atoms with Crippen molar-refractivity contribution < 1.29 is 14.6 Å². The van der Waals surface area contributed by atoms with Crippen LogP contribution >= 0.6 is 12.2 Å². The number of rotatable bonds is 9. The van der Waals surface area contributed by atoms with E-state index in [4.69, 9.17) is 27.8 Å². The Kier molecular flexibility index (Phi) is 7.71. The van der Waals surface area contributed by atoms with Gasteiger partial charge in [0.05, 0.1) is 5.56 Å². The predicted molar refractivity (Wildman–Crippen MR) is 86.4 cm³/mol. The molecule has 1 amide bonds. The summed E-state index contributed by atoms with van der Waals surface area (Å²) in [6.07, 6.45) is 2.53. The number of benzene rings is 1. The highest BCUT2D eigenvalue weighted by molar-refractivity contribution is 7.80. The second kappa shape index (κ2) is 9.31. The molecule has 0 unspecified atom stereocenters. The van der Waals surface area contributed by atoms with Gasteiger partial charge >= 0.3 is 0 Å². The molecule has 6 heteroatoms. The largest absolute Gasteiger partial charge is 0.483 e. The summed E-state index contributed by atoms with van der Waals surface area (Å²) in [4.78, 5) is 13.8. The number of unbranched alkanes of at least 4 members (excludes halogenated alkanes) is 2. The number of para-hydroxylation sites is 1. The van der Waals surface area contributed by atoms with Crippen molar-refractivity contribution in [2.75, 3.05) is 26.8 Å². The van der Waals surface area contributed by atoms with Gasteiger partial charge in [-0.2, -0.15) is 0 Å². The average molecular weight is 310 g/mol. The monoisotopic (exact) mass is 310 g/mol. The number of hydrogen-bond acceptors (Lipinski definition) is 4. The average Bonchev–Trinajstić information content (AvgIpc) is 2.49. The van der Waals surface area contributed by atoms with Crippen molar-refractivity contribution in [1.82, 2.24) is 4.90 Å². The van der Waals surface area contributed by atoms with E-state index in [-0.39, 0.29) is 24.1 Å². The molecule has 1 aromatic rings. The summed E-state index contributed by atoms with van der Waals surface area (Å²) in [5, 5.41) is 8.70. The maximum absolute atomic E-state index is 11.9. The molecule has 1 rings (SSSR count). The summed E-state index contributed by atoms with van der Waals surface area (Å²) in [7, 11) is 1.74. The Morgan fingerprint density at radius 2 is 2.05 bits per heavy atom. The van der Waals surface area contributed by atoms with Crippen LogP contribution in [0.25, 0.3) is 0 Å². The van der Waals surface area contributed by atoms with Crippen molar-refractivity contribution in [3.8, 4) is 5.75 Å². The number of carbonyl (C=O) groups is 1. The highest BCUT2D eigenvalue weighted by Crippen LogP contribution is 2.17. The molecule has 0 aliphatic heterocycles. The summed E-state index contributed by atoms with van der Waals surface area (Å²) in [6.45, 7) is 0.797. The molecule has 0 aliphatic carbocycles. The van der Waals surface area contributed by atoms with E-state index >= 15 is 0 Å². The van der Waals surface area contributed by atoms with Crippen LogP contribution in [0.1, 0.15) is 24.8 Å². The first-order valence-electron chi connectivity index (χ1n) is 6.92. The molecule has 0 bridgehead atoms. The maximum atomic E-state index is 11.9. The molecule has 0 aromatic heterocycles. The number of aliphatic hydroxyl groups is 1. The van der Waals surface area contributed by atoms with Gasteiger partial charge in [-0.05, 0) is 31.4 Å². The fourth-order valence-corrected chi connectivity index (χ4v) is 1.98. The lowest BCUT2D eigenvalue weighted by molar-refractivity contribution is -0.132. The SMILES string of the molecule is CN(CCCCCO)C(=O)COc1ccccc1C(N)=S. The third-order valence-electron chi connectivity index (χ3n) is 3.08. The van der Waals surface area contributed by atoms with Crippen LogP contribution in [0.2, 0.25) is 0 Å². The van der Waals surface area contributed by atoms with E-state index < -0.39 is 0 Å². The molecule has 0 heterocycles. The second-order valence-electron chi connectivity index (χ2n) is 4.75. The van der Waals surface area contributed by atoms with E-state index in [2.05, 4.69) is 0 Å². The number of thiocarbonyl (C=S) groups is 1. The highest BCUT2D eigenvalue weighted by atomic mass is 32.1. The Morgan fingerprint density at radius 1 is 1.33 bits per heavy atom. The Morgan fingerprint density at radius 3 is 2.71 bits per heavy atom. The van der Waals surface area contributed by atoms with E-state index in [1.54, 1.807) is 30.1 Å². The highest BCUT2D eigenvalue weighted by Gasteiger charge is 2.11. The first kappa shape index (κ1) is 17.4. The number of nitrogens with zero attached hydrogens (tertiary/aromatic N) is 1. The third kappa shape index (κ3) is 6.10. The van der Waals surface area contributed by atoms with Crippen LogP contribution in [0.15, 0.2) is 24.3 Å². The predicted octanol–water partition coefficient (Wildman–Crippen LogP) is 1.32. The molecule has 0 atom stereocenters. The Labute approximate surface area is 130 Å². The standard InChI is InChI=1S/C15H22N2O3S/c1-17(9-5-2-6-10-18)14(19)11-20-13-8-4-3-7-12(13)15(16)21/h3-4,7-8,18H,2,5-6,9-11H2,1H3,(H2,16,21). The van der Waals surface area contributed by atoms with Crippen LogP contribution in [-0.4, -0.2) is 47.7 Å². The molecule has 116 valence electrons. The van der Waals surface area contributed by atoms with Gasteiger partial charge in [-0.1, -0.05) is 24.4 Å². The van der Waals surface area contributed by atoms with Crippen molar-refractivity contribution >= 4 is 23.1 Å². The minimum Gasteiger partial charge on any atom is -0.483 e. The van der Waals surface area contributed by atoms with Gasteiger partial charge in [-0.3, -0.25) is 4.79 Å². The lowest BCUT2D eigenvalue weighted by atomic mass is 10.2. The number of ether oxygens (including phenoxy) is 1. The fourth-order valence-electron chi connectivity index (χ4n) is 1.81. The van der Waals surface area contributed by atoms with Gasteiger partial charge in [0, 0.05) is 20.2 Å². The summed E-state index contributed by atoms with van der Waals surface area (Å²) in [5.41, 5.74) is 6.24. The molecule has 0 saturated heterocycles. The van der Waals surface area contributed by atoms with Crippen molar-refractivity contribution in [2.24, 2.45) is 5.73 Å². The fraction of sp³-hybridized carbons (Fsp3) is 0.467. The Bertz CT molecular complexity index is 480. The zero-order valence-electron chi connectivity index (χ0n) is 12.2. The summed E-state index contributed by atoms with van der Waals surface area (Å²) < 4.78 is 5.51. The number of carbonyl (C=O) groups excluding carboxylic acids is 1. The molecule has 0 saturated carbocycles. The molecule has 0 spiro atoms. The summed E-state index contributed by atoms with van der Waals surface area (Å²) >= 11 is 4.95. The van der Waals surface area contributed by atoms with Crippen LogP contribution in [0, 0.1) is 0 Å². The minimum atomic E-state index is -0.100. The number of nitrogens with two attached hydrogens (primary N) is 1. The second-order valence-corrected chi connectivity index (χ2v) is 5.19. The van der Waals surface area contributed by atoms with E-state index in [0.717, 1.165) is 19.3 Å². The van der Waals surface area contributed by atoms with Crippen LogP contribution < -0.4 is 10.5 Å². The third-order valence-corrected chi connectivity index (χ3v) is 3.30. The normalized spacial score (nSPS) is 10.2. The van der Waals surface area contributed by atoms with E-state index in [9.17, 15) is 4.79 Å². The van der Waals surface area contributed by atoms with E-state index in [0.29, 0.717) is 17.9 Å². The van der Waals surface area contributed by atoms with Crippen LogP contribution in [0.5, 0.6) is 5.75 Å². The van der Waals surface area contributed by atoms with Crippen molar-refractivity contribution in [2.45, 2.75) is 19.3 Å². The first-order valence-corrected chi connectivity index (χ1v) is 7.33. The number of aliphatic hydroxyl groups excluding tert-OH is 1. The molecule has 5 nitrogen and oxygen atoms in total. The van der Waals surface area contributed by atoms with Gasteiger partial charge in [-0.15, -0.1) is 0 Å². The van der Waals surface area contributed by atoms with Crippen molar-refractivity contribution in [3.05, 3.63) is 29.8 Å². The molecule has 0 radical (unpaired) electrons.